The van der Waals surface area contributed by atoms with Crippen LogP contribution in [0.4, 0.5) is 0 Å². The minimum absolute atomic E-state index is 0.265. The zero-order valence-electron chi connectivity index (χ0n) is 9.84. The van der Waals surface area contributed by atoms with Gasteiger partial charge in [0.1, 0.15) is 5.54 Å². The Morgan fingerprint density at radius 1 is 1.56 bits per heavy atom. The fraction of sp³-hybridized carbons (Fsp3) is 0.462. The molecule has 2 rings (SSSR count). The monoisotopic (exact) mass is 218 g/mol. The molecule has 16 heavy (non-hydrogen) atoms. The highest BCUT2D eigenvalue weighted by Gasteiger charge is 2.43. The van der Waals surface area contributed by atoms with Gasteiger partial charge in [0.2, 0.25) is 5.91 Å². The van der Waals surface area contributed by atoms with Crippen LogP contribution in [0.3, 0.4) is 0 Å². The number of carbonyl (C=O) groups is 1. The molecule has 3 heteroatoms. The fourth-order valence-corrected chi connectivity index (χ4v) is 2.59. The second kappa shape index (κ2) is 3.91. The SMILES string of the molecule is CCNC1(C(N)=O)CCc2ccc(C)cc21. The number of fused-ring (bicyclic) bond motifs is 1. The first-order chi connectivity index (χ1) is 7.60. The minimum Gasteiger partial charge on any atom is -0.368 e. The molecule has 0 radical (unpaired) electrons. The topological polar surface area (TPSA) is 55.1 Å². The number of carbonyl (C=O) groups excluding carboxylic acids is 1. The van der Waals surface area contributed by atoms with Crippen molar-refractivity contribution >= 4 is 5.91 Å². The maximum absolute atomic E-state index is 11.7. The van der Waals surface area contributed by atoms with E-state index in [2.05, 4.69) is 23.5 Å². The molecule has 0 saturated carbocycles. The average Bonchev–Trinajstić information content (AvgIpc) is 2.59. The van der Waals surface area contributed by atoms with E-state index in [1.165, 1.54) is 11.1 Å². The summed E-state index contributed by atoms with van der Waals surface area (Å²) in [5.74, 6) is -0.265. The van der Waals surface area contributed by atoms with E-state index in [0.717, 1.165) is 24.9 Å². The van der Waals surface area contributed by atoms with Crippen molar-refractivity contribution < 1.29 is 4.79 Å². The van der Waals surface area contributed by atoms with Crippen LogP contribution >= 0.6 is 0 Å². The summed E-state index contributed by atoms with van der Waals surface area (Å²) in [6.45, 7) is 4.78. The van der Waals surface area contributed by atoms with E-state index < -0.39 is 5.54 Å². The quantitative estimate of drug-likeness (QED) is 0.801. The number of aryl methyl sites for hydroxylation is 2. The van der Waals surface area contributed by atoms with Gasteiger partial charge in [-0.3, -0.25) is 10.1 Å². The number of benzene rings is 1. The number of likely N-dealkylation sites (N-methyl/N-ethyl adjacent to an activating group) is 1. The molecule has 1 aromatic carbocycles. The average molecular weight is 218 g/mol. The first-order valence-electron chi connectivity index (χ1n) is 5.75. The standard InChI is InChI=1S/C13H18N2O/c1-3-15-13(12(14)16)7-6-10-5-4-9(2)8-11(10)13/h4-5,8,15H,3,6-7H2,1-2H3,(H2,14,16). The second-order valence-electron chi connectivity index (χ2n) is 4.46. The molecule has 0 bridgehead atoms. The molecule has 0 spiro atoms. The molecule has 0 aromatic heterocycles. The van der Waals surface area contributed by atoms with Gasteiger partial charge in [-0.15, -0.1) is 0 Å². The first-order valence-corrected chi connectivity index (χ1v) is 5.75. The van der Waals surface area contributed by atoms with Crippen LogP contribution in [0.5, 0.6) is 0 Å². The zero-order chi connectivity index (χ0) is 11.8. The van der Waals surface area contributed by atoms with Gasteiger partial charge in [0, 0.05) is 0 Å². The fourth-order valence-electron chi connectivity index (χ4n) is 2.59. The number of primary amides is 1. The molecular weight excluding hydrogens is 200 g/mol. The maximum Gasteiger partial charge on any atom is 0.242 e. The van der Waals surface area contributed by atoms with E-state index in [9.17, 15) is 4.79 Å². The third kappa shape index (κ3) is 1.52. The highest BCUT2D eigenvalue weighted by Crippen LogP contribution is 2.37. The van der Waals surface area contributed by atoms with Crippen LogP contribution in [0.15, 0.2) is 18.2 Å². The van der Waals surface area contributed by atoms with Crippen molar-refractivity contribution in [3.8, 4) is 0 Å². The van der Waals surface area contributed by atoms with Gasteiger partial charge in [-0.2, -0.15) is 0 Å². The van der Waals surface area contributed by atoms with Gasteiger partial charge in [-0.1, -0.05) is 30.7 Å². The number of nitrogens with one attached hydrogen (secondary N) is 1. The molecule has 1 aromatic rings. The summed E-state index contributed by atoms with van der Waals surface area (Å²) < 4.78 is 0. The molecule has 1 aliphatic rings. The Morgan fingerprint density at radius 2 is 2.31 bits per heavy atom. The number of nitrogens with two attached hydrogens (primary N) is 1. The van der Waals surface area contributed by atoms with Gasteiger partial charge in [0.15, 0.2) is 0 Å². The number of rotatable bonds is 3. The molecule has 0 saturated heterocycles. The van der Waals surface area contributed by atoms with Crippen molar-refractivity contribution in [3.05, 3.63) is 34.9 Å². The van der Waals surface area contributed by atoms with Crippen molar-refractivity contribution in [1.29, 1.82) is 0 Å². The summed E-state index contributed by atoms with van der Waals surface area (Å²) in [6, 6.07) is 6.27. The van der Waals surface area contributed by atoms with E-state index >= 15 is 0 Å². The van der Waals surface area contributed by atoms with Gasteiger partial charge in [-0.25, -0.2) is 0 Å². The van der Waals surface area contributed by atoms with Gasteiger partial charge >= 0.3 is 0 Å². The van der Waals surface area contributed by atoms with Crippen LogP contribution in [0, 0.1) is 6.92 Å². The summed E-state index contributed by atoms with van der Waals surface area (Å²) in [6.07, 6.45) is 1.69. The Morgan fingerprint density at radius 3 is 2.94 bits per heavy atom. The van der Waals surface area contributed by atoms with Gasteiger partial charge in [0.25, 0.3) is 0 Å². The summed E-state index contributed by atoms with van der Waals surface area (Å²) in [5.41, 5.74) is 8.42. The van der Waals surface area contributed by atoms with E-state index in [1.54, 1.807) is 0 Å². The van der Waals surface area contributed by atoms with Crippen molar-refractivity contribution in [3.63, 3.8) is 0 Å². The predicted molar refractivity (Wildman–Crippen MR) is 64.0 cm³/mol. The second-order valence-corrected chi connectivity index (χ2v) is 4.46. The number of hydrogen-bond donors (Lipinski definition) is 2. The Labute approximate surface area is 96.0 Å². The maximum atomic E-state index is 11.7. The summed E-state index contributed by atoms with van der Waals surface area (Å²) in [5, 5.41) is 3.27. The van der Waals surface area contributed by atoms with Crippen LogP contribution in [0.1, 0.15) is 30.0 Å². The third-order valence-corrected chi connectivity index (χ3v) is 3.39. The molecular formula is C13H18N2O. The molecule has 0 fully saturated rings. The highest BCUT2D eigenvalue weighted by molar-refractivity contribution is 5.87. The van der Waals surface area contributed by atoms with Gasteiger partial charge < -0.3 is 5.73 Å². The number of amides is 1. The molecule has 1 amide bonds. The van der Waals surface area contributed by atoms with E-state index in [1.807, 2.05) is 13.8 Å². The summed E-state index contributed by atoms with van der Waals surface area (Å²) >= 11 is 0. The molecule has 1 atom stereocenters. The minimum atomic E-state index is -0.643. The predicted octanol–water partition coefficient (Wildman–Crippen LogP) is 1.23. The number of hydrogen-bond acceptors (Lipinski definition) is 2. The third-order valence-electron chi connectivity index (χ3n) is 3.39. The van der Waals surface area contributed by atoms with Crippen molar-refractivity contribution in [2.45, 2.75) is 32.2 Å². The van der Waals surface area contributed by atoms with Crippen molar-refractivity contribution in [2.75, 3.05) is 6.54 Å². The van der Waals surface area contributed by atoms with E-state index in [-0.39, 0.29) is 5.91 Å². The largest absolute Gasteiger partial charge is 0.368 e. The lowest BCUT2D eigenvalue weighted by atomic mass is 9.90. The lowest BCUT2D eigenvalue weighted by Gasteiger charge is -2.28. The summed E-state index contributed by atoms with van der Waals surface area (Å²) in [4.78, 5) is 11.7. The van der Waals surface area contributed by atoms with Crippen LogP contribution in [0.25, 0.3) is 0 Å². The lowest BCUT2D eigenvalue weighted by molar-refractivity contribution is -0.124. The molecule has 3 nitrogen and oxygen atoms in total. The molecule has 1 unspecified atom stereocenters. The smallest absolute Gasteiger partial charge is 0.242 e. The lowest BCUT2D eigenvalue weighted by Crippen LogP contribution is -2.51. The molecule has 86 valence electrons. The van der Waals surface area contributed by atoms with Gasteiger partial charge in [0.05, 0.1) is 0 Å². The van der Waals surface area contributed by atoms with Gasteiger partial charge in [-0.05, 0) is 37.4 Å². The Kier molecular flexibility index (Phi) is 2.72. The van der Waals surface area contributed by atoms with E-state index in [0.29, 0.717) is 0 Å². The molecule has 0 heterocycles. The van der Waals surface area contributed by atoms with Crippen molar-refractivity contribution in [1.82, 2.24) is 5.32 Å². The molecule has 1 aliphatic carbocycles. The molecule has 3 N–H and O–H groups in total. The molecule has 0 aliphatic heterocycles. The summed E-state index contributed by atoms with van der Waals surface area (Å²) in [7, 11) is 0. The Bertz CT molecular complexity index is 424. The first kappa shape index (κ1) is 11.1. The van der Waals surface area contributed by atoms with Crippen LogP contribution < -0.4 is 11.1 Å². The van der Waals surface area contributed by atoms with Crippen LogP contribution in [-0.2, 0) is 16.8 Å². The van der Waals surface area contributed by atoms with Crippen molar-refractivity contribution in [2.24, 2.45) is 5.73 Å². The normalized spacial score (nSPS) is 23.1. The Hall–Kier alpha value is -1.35. The van der Waals surface area contributed by atoms with Crippen LogP contribution in [-0.4, -0.2) is 12.5 Å². The highest BCUT2D eigenvalue weighted by atomic mass is 16.1. The van der Waals surface area contributed by atoms with E-state index in [4.69, 9.17) is 5.73 Å². The van der Waals surface area contributed by atoms with Crippen LogP contribution in [0.2, 0.25) is 0 Å². The zero-order valence-corrected chi connectivity index (χ0v) is 9.84. The Balaban J connectivity index is 2.53.